The highest BCUT2D eigenvalue weighted by molar-refractivity contribution is 6.03. The van der Waals surface area contributed by atoms with Crippen molar-refractivity contribution < 1.29 is 0 Å². The first-order chi connectivity index (χ1) is 28.6. The Bertz CT molecular complexity index is 1840. The Morgan fingerprint density at radius 3 is 1.55 bits per heavy atom. The molecule has 4 nitrogen and oxygen atoms in total. The van der Waals surface area contributed by atoms with Crippen molar-refractivity contribution in [2.75, 3.05) is 0 Å². The van der Waals surface area contributed by atoms with Gasteiger partial charge in [0.1, 0.15) is 0 Å². The van der Waals surface area contributed by atoms with Crippen molar-refractivity contribution in [2.45, 2.75) is 130 Å². The minimum Gasteiger partial charge on any atom is -0.158 e. The van der Waals surface area contributed by atoms with E-state index in [1.54, 1.807) is 0 Å². The average molecular weight is 775 g/mol. The fourth-order valence-corrected chi connectivity index (χ4v) is 8.56. The van der Waals surface area contributed by atoms with Gasteiger partial charge in [-0.2, -0.15) is 20.4 Å². The monoisotopic (exact) mass is 775 g/mol. The van der Waals surface area contributed by atoms with Gasteiger partial charge in [-0.05, 0) is 124 Å². The van der Waals surface area contributed by atoms with Crippen LogP contribution < -0.4 is 0 Å². The second-order valence-corrected chi connectivity index (χ2v) is 16.7. The molecule has 0 bridgehead atoms. The Morgan fingerprint density at radius 1 is 0.569 bits per heavy atom. The van der Waals surface area contributed by atoms with Crippen molar-refractivity contribution in [1.82, 2.24) is 0 Å². The quantitative estimate of drug-likeness (QED) is 0.0418. The fraction of sp³-hybridized carbons (Fsp3) is 0.444. The lowest BCUT2D eigenvalue weighted by Crippen LogP contribution is -2.22. The van der Waals surface area contributed by atoms with Crippen molar-refractivity contribution >= 4 is 23.9 Å². The number of unbranched alkanes of at least 4 members (excludes halogenated alkanes) is 4. The summed E-state index contributed by atoms with van der Waals surface area (Å²) in [7, 11) is 0. The van der Waals surface area contributed by atoms with Crippen molar-refractivity contribution in [3.63, 3.8) is 0 Å². The van der Waals surface area contributed by atoms with Crippen LogP contribution in [0.2, 0.25) is 0 Å². The maximum atomic E-state index is 4.74. The molecule has 0 saturated heterocycles. The van der Waals surface area contributed by atoms with Gasteiger partial charge >= 0.3 is 0 Å². The molecular formula is C54H70N4. The maximum absolute atomic E-state index is 4.74. The molecule has 0 aromatic heterocycles. The van der Waals surface area contributed by atoms with Gasteiger partial charge in [-0.3, -0.25) is 0 Å². The van der Waals surface area contributed by atoms with Crippen molar-refractivity contribution in [1.29, 1.82) is 0 Å². The highest BCUT2D eigenvalue weighted by Crippen LogP contribution is 2.35. The first kappa shape index (κ1) is 44.4. The zero-order valence-electron chi connectivity index (χ0n) is 36.0. The molecular weight excluding hydrogens is 705 g/mol. The van der Waals surface area contributed by atoms with Gasteiger partial charge in [0.25, 0.3) is 0 Å². The molecule has 58 heavy (non-hydrogen) atoms. The summed E-state index contributed by atoms with van der Waals surface area (Å²) in [6, 6.07) is 38.4. The lowest BCUT2D eigenvalue weighted by molar-refractivity contribution is 0.301. The Labute approximate surface area is 351 Å². The number of aryl methyl sites for hydroxylation is 2. The van der Waals surface area contributed by atoms with Gasteiger partial charge in [0.05, 0.1) is 23.9 Å². The largest absolute Gasteiger partial charge is 0.158 e. The summed E-state index contributed by atoms with van der Waals surface area (Å²) in [6.07, 6.45) is 27.4. The van der Waals surface area contributed by atoms with Crippen LogP contribution in [0.3, 0.4) is 0 Å². The van der Waals surface area contributed by atoms with Gasteiger partial charge in [0, 0.05) is 11.8 Å². The number of hydrogen-bond donors (Lipinski definition) is 0. The van der Waals surface area contributed by atoms with Crippen LogP contribution in [0.15, 0.2) is 142 Å². The molecule has 0 unspecified atom stereocenters. The van der Waals surface area contributed by atoms with E-state index in [1.165, 1.54) is 119 Å². The molecule has 4 aromatic carbocycles. The summed E-state index contributed by atoms with van der Waals surface area (Å²) in [6.45, 7) is 10.5. The molecule has 2 aliphatic carbocycles. The highest BCUT2D eigenvalue weighted by Gasteiger charge is 2.26. The molecule has 2 fully saturated rings. The minimum absolute atomic E-state index is 0.519. The van der Waals surface area contributed by atoms with E-state index < -0.39 is 0 Å². The standard InChI is InChI=1S/C29H38N2.C25H32N2/c1-3-5-6-7-9-12-25-15-17-26(18-16-25)23-30-31-29(27-13-10-8-11-14-27)28-21-19-24(4-2)20-22-28;1-3-4-8-21-15-17-24(18-16-21)25(23-9-6-5-7-10-23)27-26-19-22-13-11-20(2)12-14-22/h3,8,10-11,13-18,23-24,28H,1,4-7,9,12,19-22H2,2H3;5-7,9-14,19,21,24H,3-4,8,15-18H2,1-2H3. The SMILES string of the molecule is C=CCCCCCc1ccc(C=NN=C(c2ccccc2)C2CCC(CC)CC2)cc1.CCCCC1CCC(C(=NN=Cc2ccc(C)cc2)c2ccccc2)CC1. The second kappa shape index (κ2) is 25.6. The zero-order chi connectivity index (χ0) is 40.6. The predicted molar refractivity (Wildman–Crippen MR) is 252 cm³/mol. The summed E-state index contributed by atoms with van der Waals surface area (Å²) in [5.74, 6) is 2.85. The van der Waals surface area contributed by atoms with E-state index in [-0.39, 0.29) is 0 Å². The summed E-state index contributed by atoms with van der Waals surface area (Å²) < 4.78 is 0. The van der Waals surface area contributed by atoms with Gasteiger partial charge in [-0.1, -0.05) is 167 Å². The molecule has 2 saturated carbocycles. The van der Waals surface area contributed by atoms with E-state index in [9.17, 15) is 0 Å². The van der Waals surface area contributed by atoms with E-state index >= 15 is 0 Å². The number of nitrogens with zero attached hydrogens (tertiary/aromatic N) is 4. The second-order valence-electron chi connectivity index (χ2n) is 16.7. The fourth-order valence-electron chi connectivity index (χ4n) is 8.56. The third-order valence-corrected chi connectivity index (χ3v) is 12.3. The smallest absolute Gasteiger partial charge is 0.0733 e. The van der Waals surface area contributed by atoms with E-state index in [0.717, 1.165) is 47.2 Å². The normalized spacial score (nSPS) is 20.2. The molecule has 4 aromatic rings. The number of benzene rings is 4. The number of rotatable bonds is 18. The molecule has 0 heterocycles. The minimum atomic E-state index is 0.519. The van der Waals surface area contributed by atoms with Gasteiger partial charge < -0.3 is 0 Å². The molecule has 0 atom stereocenters. The van der Waals surface area contributed by atoms with Crippen LogP contribution in [0.1, 0.15) is 150 Å². The van der Waals surface area contributed by atoms with E-state index in [2.05, 4.69) is 147 Å². The number of allylic oxidation sites excluding steroid dienone is 1. The lowest BCUT2D eigenvalue weighted by Gasteiger charge is -2.29. The Kier molecular flexibility index (Phi) is 19.6. The van der Waals surface area contributed by atoms with Crippen LogP contribution in [0.4, 0.5) is 0 Å². The third kappa shape index (κ3) is 15.2. The summed E-state index contributed by atoms with van der Waals surface area (Å²) in [5, 5.41) is 18.4. The predicted octanol–water partition coefficient (Wildman–Crippen LogP) is 14.8. The molecule has 0 radical (unpaired) electrons. The molecule has 306 valence electrons. The summed E-state index contributed by atoms with van der Waals surface area (Å²) >= 11 is 0. The number of hydrogen-bond acceptors (Lipinski definition) is 4. The first-order valence-corrected chi connectivity index (χ1v) is 22.6. The molecule has 6 rings (SSSR count). The van der Waals surface area contributed by atoms with E-state index in [4.69, 9.17) is 10.2 Å². The Balaban J connectivity index is 0.000000223. The van der Waals surface area contributed by atoms with Crippen LogP contribution in [0.5, 0.6) is 0 Å². The van der Waals surface area contributed by atoms with Crippen LogP contribution in [0.25, 0.3) is 0 Å². The molecule has 0 N–H and O–H groups in total. The molecule has 0 spiro atoms. The van der Waals surface area contributed by atoms with E-state index in [0.29, 0.717) is 11.8 Å². The van der Waals surface area contributed by atoms with E-state index in [1.807, 2.05) is 18.5 Å². The summed E-state index contributed by atoms with van der Waals surface area (Å²) in [5.41, 5.74) is 9.62. The van der Waals surface area contributed by atoms with Crippen LogP contribution >= 0.6 is 0 Å². The van der Waals surface area contributed by atoms with Gasteiger partial charge in [-0.25, -0.2) is 0 Å². The molecule has 4 heteroatoms. The third-order valence-electron chi connectivity index (χ3n) is 12.3. The highest BCUT2D eigenvalue weighted by atomic mass is 15.2. The van der Waals surface area contributed by atoms with Gasteiger partial charge in [0.15, 0.2) is 0 Å². The van der Waals surface area contributed by atoms with Crippen molar-refractivity contribution in [3.05, 3.63) is 155 Å². The van der Waals surface area contributed by atoms with Crippen molar-refractivity contribution in [3.8, 4) is 0 Å². The first-order valence-electron chi connectivity index (χ1n) is 22.6. The van der Waals surface area contributed by atoms with Gasteiger partial charge in [0.2, 0.25) is 0 Å². The average Bonchev–Trinajstić information content (AvgIpc) is 3.28. The van der Waals surface area contributed by atoms with Crippen LogP contribution in [-0.2, 0) is 6.42 Å². The lowest BCUT2D eigenvalue weighted by atomic mass is 9.76. The molecule has 0 amide bonds. The summed E-state index contributed by atoms with van der Waals surface area (Å²) in [4.78, 5) is 0. The topological polar surface area (TPSA) is 49.4 Å². The van der Waals surface area contributed by atoms with Crippen molar-refractivity contribution in [2.24, 2.45) is 44.1 Å². The molecule has 2 aliphatic rings. The van der Waals surface area contributed by atoms with Crippen LogP contribution in [-0.4, -0.2) is 23.9 Å². The molecule has 0 aliphatic heterocycles. The maximum Gasteiger partial charge on any atom is 0.0733 e. The van der Waals surface area contributed by atoms with Gasteiger partial charge in [-0.15, -0.1) is 6.58 Å². The zero-order valence-corrected chi connectivity index (χ0v) is 36.0. The Morgan fingerprint density at radius 2 is 1.07 bits per heavy atom. The van der Waals surface area contributed by atoms with Crippen LogP contribution in [0, 0.1) is 30.6 Å². The Hall–Kier alpha value is -4.70.